The van der Waals surface area contributed by atoms with E-state index < -0.39 is 15.7 Å². The van der Waals surface area contributed by atoms with Gasteiger partial charge in [0.25, 0.3) is 5.91 Å². The van der Waals surface area contributed by atoms with Crippen molar-refractivity contribution in [1.82, 2.24) is 0 Å². The van der Waals surface area contributed by atoms with Gasteiger partial charge in [-0.3, -0.25) is 4.79 Å². The van der Waals surface area contributed by atoms with Gasteiger partial charge in [-0.05, 0) is 36.4 Å². The Bertz CT molecular complexity index is 1140. The fourth-order valence-electron chi connectivity index (χ4n) is 3.61. The zero-order valence-corrected chi connectivity index (χ0v) is 19.5. The molecule has 2 aliphatic heterocycles. The first-order valence-corrected chi connectivity index (χ1v) is 12.6. The van der Waals surface area contributed by atoms with Crippen LogP contribution in [0.5, 0.6) is 11.5 Å². The third-order valence-electron chi connectivity index (χ3n) is 4.98. The fourth-order valence-corrected chi connectivity index (χ4v) is 7.91. The second-order valence-corrected chi connectivity index (χ2v) is 11.2. The van der Waals surface area contributed by atoms with Gasteiger partial charge in [-0.2, -0.15) is 4.99 Å². The lowest BCUT2D eigenvalue weighted by molar-refractivity contribution is 0.100. The predicted molar refractivity (Wildman–Crippen MR) is 122 cm³/mol. The summed E-state index contributed by atoms with van der Waals surface area (Å²) >= 11 is 4.79. The Hall–Kier alpha value is -2.04. The van der Waals surface area contributed by atoms with Gasteiger partial charge in [-0.1, -0.05) is 33.8 Å². The van der Waals surface area contributed by atoms with Crippen molar-refractivity contribution in [2.75, 3.05) is 30.6 Å². The summed E-state index contributed by atoms with van der Waals surface area (Å²) in [5.74, 6) is 0.653. The van der Waals surface area contributed by atoms with Crippen molar-refractivity contribution in [2.24, 2.45) is 4.99 Å². The lowest BCUT2D eigenvalue weighted by atomic mass is 10.2. The highest BCUT2D eigenvalue weighted by atomic mass is 79.9. The summed E-state index contributed by atoms with van der Waals surface area (Å²) in [6.45, 7) is 0. The maximum absolute atomic E-state index is 12.9. The van der Waals surface area contributed by atoms with E-state index in [2.05, 4.69) is 20.9 Å². The number of amides is 1. The molecular formula is C20H19BrN2O5S2. The number of amidine groups is 1. The number of aliphatic imine (C=N–C) groups is 1. The van der Waals surface area contributed by atoms with Crippen molar-refractivity contribution < 1.29 is 22.7 Å². The van der Waals surface area contributed by atoms with Gasteiger partial charge in [0, 0.05) is 21.0 Å². The minimum absolute atomic E-state index is 0.0424. The molecule has 4 rings (SSSR count). The molecule has 0 aliphatic carbocycles. The Morgan fingerprint density at radius 3 is 2.60 bits per heavy atom. The van der Waals surface area contributed by atoms with Crippen molar-refractivity contribution in [3.05, 3.63) is 52.5 Å². The third kappa shape index (κ3) is 4.08. The first kappa shape index (κ1) is 21.2. The molecule has 0 N–H and O–H groups in total. The summed E-state index contributed by atoms with van der Waals surface area (Å²) in [6.07, 6.45) is 0. The largest absolute Gasteiger partial charge is 0.493 e. The number of carbonyl (C=O) groups excluding carboxylic acids is 1. The van der Waals surface area contributed by atoms with E-state index in [1.54, 1.807) is 18.2 Å². The molecule has 0 spiro atoms. The van der Waals surface area contributed by atoms with Gasteiger partial charge in [0.05, 0.1) is 31.8 Å². The molecule has 1 amide bonds. The second kappa shape index (κ2) is 8.24. The van der Waals surface area contributed by atoms with Crippen LogP contribution in [0.25, 0.3) is 0 Å². The molecule has 2 saturated heterocycles. The summed E-state index contributed by atoms with van der Waals surface area (Å²) in [5.41, 5.74) is 1.15. The molecule has 7 nitrogen and oxygen atoms in total. The minimum atomic E-state index is -3.12. The summed E-state index contributed by atoms with van der Waals surface area (Å²) < 4.78 is 35.7. The fraction of sp³-hybridized carbons (Fsp3) is 0.300. The molecule has 2 aromatic rings. The second-order valence-electron chi connectivity index (χ2n) is 6.92. The molecule has 2 aliphatic rings. The quantitative estimate of drug-likeness (QED) is 0.622. The van der Waals surface area contributed by atoms with Crippen LogP contribution in [-0.4, -0.2) is 56.5 Å². The highest BCUT2D eigenvalue weighted by Crippen LogP contribution is 2.41. The molecule has 2 aromatic carbocycles. The van der Waals surface area contributed by atoms with Gasteiger partial charge >= 0.3 is 0 Å². The van der Waals surface area contributed by atoms with E-state index in [0.29, 0.717) is 22.2 Å². The van der Waals surface area contributed by atoms with Gasteiger partial charge in [0.1, 0.15) is 0 Å². The number of carbonyl (C=O) groups is 1. The van der Waals surface area contributed by atoms with Crippen LogP contribution < -0.4 is 14.4 Å². The molecule has 158 valence electrons. The number of anilines is 1. The number of nitrogens with zero attached hydrogens (tertiary/aromatic N) is 2. The Morgan fingerprint density at radius 2 is 1.90 bits per heavy atom. The zero-order chi connectivity index (χ0) is 21.5. The van der Waals surface area contributed by atoms with Gasteiger partial charge < -0.3 is 14.4 Å². The number of benzene rings is 2. The molecule has 2 atom stereocenters. The average molecular weight is 511 g/mol. The smallest absolute Gasteiger partial charge is 0.279 e. The lowest BCUT2D eigenvalue weighted by Crippen LogP contribution is -2.37. The summed E-state index contributed by atoms with van der Waals surface area (Å²) in [4.78, 5) is 19.1. The van der Waals surface area contributed by atoms with E-state index >= 15 is 0 Å². The molecule has 30 heavy (non-hydrogen) atoms. The van der Waals surface area contributed by atoms with Crippen LogP contribution in [-0.2, 0) is 9.84 Å². The van der Waals surface area contributed by atoms with Crippen molar-refractivity contribution in [3.63, 3.8) is 0 Å². The van der Waals surface area contributed by atoms with Crippen LogP contribution in [0.3, 0.4) is 0 Å². The van der Waals surface area contributed by atoms with Crippen LogP contribution >= 0.6 is 27.7 Å². The van der Waals surface area contributed by atoms with E-state index in [1.807, 2.05) is 29.2 Å². The van der Waals surface area contributed by atoms with Gasteiger partial charge in [0.15, 0.2) is 26.5 Å². The maximum atomic E-state index is 12.9. The molecule has 0 radical (unpaired) electrons. The first-order valence-electron chi connectivity index (χ1n) is 9.08. The number of rotatable bonds is 4. The van der Waals surface area contributed by atoms with Gasteiger partial charge in [-0.25, -0.2) is 8.42 Å². The molecule has 0 aromatic heterocycles. The van der Waals surface area contributed by atoms with E-state index in [0.717, 1.165) is 10.2 Å². The number of hydrogen-bond acceptors (Lipinski definition) is 6. The van der Waals surface area contributed by atoms with E-state index in [1.165, 1.54) is 26.0 Å². The van der Waals surface area contributed by atoms with Gasteiger partial charge in [-0.15, -0.1) is 0 Å². The van der Waals surface area contributed by atoms with Gasteiger partial charge in [0.2, 0.25) is 0 Å². The number of hydrogen-bond donors (Lipinski definition) is 0. The SMILES string of the molecule is COc1ccc(C(=O)N=C2S[C@@H]3CS(=O)(=O)C[C@@H]3N2c2cccc(Br)c2)cc1OC. The Labute approximate surface area is 187 Å². The van der Waals surface area contributed by atoms with Crippen LogP contribution in [0, 0.1) is 0 Å². The number of fused-ring (bicyclic) bond motifs is 1. The van der Waals surface area contributed by atoms with Crippen molar-refractivity contribution in [2.45, 2.75) is 11.3 Å². The topological polar surface area (TPSA) is 85.3 Å². The molecule has 2 heterocycles. The molecule has 2 fully saturated rings. The third-order valence-corrected chi connectivity index (χ3v) is 8.68. The van der Waals surface area contributed by atoms with E-state index in [9.17, 15) is 13.2 Å². The standard InChI is InChI=1S/C20H19BrN2O5S2/c1-27-16-7-6-12(8-17(16)28-2)19(24)22-20-23(14-5-3-4-13(21)9-14)15-10-30(25,26)11-18(15)29-20/h3-9,15,18H,10-11H2,1-2H3/t15-,18+/m0/s1. The molecule has 10 heteroatoms. The predicted octanol–water partition coefficient (Wildman–Crippen LogP) is 3.38. The number of ether oxygens (including phenoxy) is 2. The van der Waals surface area contributed by atoms with E-state index in [4.69, 9.17) is 9.47 Å². The number of methoxy groups -OCH3 is 2. The Morgan fingerprint density at radius 1 is 1.13 bits per heavy atom. The number of thioether (sulfide) groups is 1. The minimum Gasteiger partial charge on any atom is -0.493 e. The number of halogens is 1. The van der Waals surface area contributed by atoms with Crippen molar-refractivity contribution in [3.8, 4) is 11.5 Å². The van der Waals surface area contributed by atoms with Crippen LogP contribution in [0.2, 0.25) is 0 Å². The summed E-state index contributed by atoms with van der Waals surface area (Å²) in [7, 11) is -0.0952. The molecule has 0 bridgehead atoms. The molecular weight excluding hydrogens is 492 g/mol. The van der Waals surface area contributed by atoms with Crippen molar-refractivity contribution in [1.29, 1.82) is 0 Å². The summed E-state index contributed by atoms with van der Waals surface area (Å²) in [5, 5.41) is 0.337. The average Bonchev–Trinajstić information content (AvgIpc) is 3.17. The summed E-state index contributed by atoms with van der Waals surface area (Å²) in [6, 6.07) is 12.1. The molecule has 0 saturated carbocycles. The van der Waals surface area contributed by atoms with Crippen LogP contribution in [0.1, 0.15) is 10.4 Å². The Balaban J connectivity index is 1.71. The number of sulfone groups is 1. The van der Waals surface area contributed by atoms with Crippen molar-refractivity contribution >= 4 is 54.3 Å². The highest BCUT2D eigenvalue weighted by Gasteiger charge is 2.49. The lowest BCUT2D eigenvalue weighted by Gasteiger charge is -2.24. The highest BCUT2D eigenvalue weighted by molar-refractivity contribution is 9.10. The van der Waals surface area contributed by atoms with Crippen LogP contribution in [0.15, 0.2) is 51.9 Å². The van der Waals surface area contributed by atoms with Crippen LogP contribution in [0.4, 0.5) is 5.69 Å². The molecule has 0 unspecified atom stereocenters. The first-order chi connectivity index (χ1) is 14.3. The normalized spacial score (nSPS) is 23.4. The monoisotopic (exact) mass is 510 g/mol. The Kier molecular flexibility index (Phi) is 5.82. The zero-order valence-electron chi connectivity index (χ0n) is 16.2. The maximum Gasteiger partial charge on any atom is 0.279 e. The van der Waals surface area contributed by atoms with E-state index in [-0.39, 0.29) is 22.8 Å².